The third-order valence-corrected chi connectivity index (χ3v) is 4.01. The Morgan fingerprint density at radius 2 is 1.67 bits per heavy atom. The SMILES string of the molecule is CC1(C)CN(O)C(C)(C)CC1N1C(=O)C=CC1=O. The second-order valence-corrected chi connectivity index (χ2v) is 6.46. The summed E-state index contributed by atoms with van der Waals surface area (Å²) in [6, 6.07) is -0.189. The van der Waals surface area contributed by atoms with E-state index in [-0.39, 0.29) is 23.3 Å². The molecule has 0 aromatic heterocycles. The maximum atomic E-state index is 11.8. The molecule has 1 saturated heterocycles. The van der Waals surface area contributed by atoms with Crippen molar-refractivity contribution in [3.8, 4) is 0 Å². The van der Waals surface area contributed by atoms with E-state index in [1.165, 1.54) is 22.1 Å². The Morgan fingerprint density at radius 3 is 2.17 bits per heavy atom. The third kappa shape index (κ3) is 1.97. The summed E-state index contributed by atoms with van der Waals surface area (Å²) in [6.45, 7) is 8.19. The summed E-state index contributed by atoms with van der Waals surface area (Å²) in [6.07, 6.45) is 3.20. The fraction of sp³-hybridized carbons (Fsp3) is 0.692. The van der Waals surface area contributed by atoms with Gasteiger partial charge in [0.15, 0.2) is 0 Å². The van der Waals surface area contributed by atoms with E-state index < -0.39 is 5.54 Å². The van der Waals surface area contributed by atoms with Crippen molar-refractivity contribution in [3.05, 3.63) is 12.2 Å². The Labute approximate surface area is 107 Å². The van der Waals surface area contributed by atoms with Crippen molar-refractivity contribution >= 4 is 11.8 Å². The van der Waals surface area contributed by atoms with E-state index in [4.69, 9.17) is 0 Å². The highest BCUT2D eigenvalue weighted by Gasteiger charge is 2.49. The van der Waals surface area contributed by atoms with E-state index in [1.54, 1.807) is 0 Å². The predicted molar refractivity (Wildman–Crippen MR) is 65.8 cm³/mol. The second kappa shape index (κ2) is 3.90. The number of amides is 2. The molecule has 0 aromatic rings. The standard InChI is InChI=1S/C13H20N2O3/c1-12(2)8-14(18)13(3,4)7-9(12)15-10(16)5-6-11(15)17/h5-6,9,18H,7-8H2,1-4H3. The summed E-state index contributed by atoms with van der Waals surface area (Å²) < 4.78 is 0. The van der Waals surface area contributed by atoms with E-state index in [2.05, 4.69) is 0 Å². The highest BCUT2D eigenvalue weighted by molar-refractivity contribution is 6.13. The van der Waals surface area contributed by atoms with E-state index in [9.17, 15) is 14.8 Å². The van der Waals surface area contributed by atoms with E-state index in [0.717, 1.165) is 0 Å². The average Bonchev–Trinajstić information content (AvgIpc) is 2.53. The highest BCUT2D eigenvalue weighted by Crippen LogP contribution is 2.40. The monoisotopic (exact) mass is 252 g/mol. The molecule has 100 valence electrons. The van der Waals surface area contributed by atoms with Crippen LogP contribution in [-0.4, -0.2) is 45.1 Å². The van der Waals surface area contributed by atoms with Gasteiger partial charge >= 0.3 is 0 Å². The minimum atomic E-state index is -0.441. The van der Waals surface area contributed by atoms with E-state index >= 15 is 0 Å². The topological polar surface area (TPSA) is 60.9 Å². The van der Waals surface area contributed by atoms with Crippen LogP contribution in [0, 0.1) is 5.41 Å². The van der Waals surface area contributed by atoms with Crippen LogP contribution in [0.2, 0.25) is 0 Å². The smallest absolute Gasteiger partial charge is 0.253 e. The van der Waals surface area contributed by atoms with Gasteiger partial charge in [0.1, 0.15) is 0 Å². The Bertz CT molecular complexity index is 408. The van der Waals surface area contributed by atoms with Crippen molar-refractivity contribution in [3.63, 3.8) is 0 Å². The van der Waals surface area contributed by atoms with Crippen LogP contribution in [0.1, 0.15) is 34.1 Å². The van der Waals surface area contributed by atoms with Crippen LogP contribution in [-0.2, 0) is 9.59 Å². The molecule has 2 heterocycles. The predicted octanol–water partition coefficient (Wildman–Crippen LogP) is 1.18. The van der Waals surface area contributed by atoms with Gasteiger partial charge in [0.25, 0.3) is 11.8 Å². The minimum absolute atomic E-state index is 0.189. The van der Waals surface area contributed by atoms with Crippen LogP contribution < -0.4 is 0 Å². The Balaban J connectivity index is 2.31. The molecule has 2 aliphatic rings. The molecule has 2 rings (SSSR count). The molecule has 0 aromatic carbocycles. The quantitative estimate of drug-likeness (QED) is 0.712. The van der Waals surface area contributed by atoms with Gasteiger partial charge in [-0.1, -0.05) is 13.8 Å². The zero-order valence-electron chi connectivity index (χ0n) is 11.3. The zero-order chi connectivity index (χ0) is 13.7. The van der Waals surface area contributed by atoms with Gasteiger partial charge in [-0.25, -0.2) is 0 Å². The number of rotatable bonds is 1. The fourth-order valence-corrected chi connectivity index (χ4v) is 2.72. The van der Waals surface area contributed by atoms with Gasteiger partial charge in [-0.3, -0.25) is 14.5 Å². The average molecular weight is 252 g/mol. The lowest BCUT2D eigenvalue weighted by Crippen LogP contribution is -2.63. The number of carbonyl (C=O) groups excluding carboxylic acids is 2. The van der Waals surface area contributed by atoms with Crippen LogP contribution in [0.5, 0.6) is 0 Å². The van der Waals surface area contributed by atoms with Crippen molar-refractivity contribution in [2.24, 2.45) is 5.41 Å². The number of nitrogens with zero attached hydrogens (tertiary/aromatic N) is 2. The summed E-state index contributed by atoms with van der Waals surface area (Å²) in [7, 11) is 0. The molecule has 0 saturated carbocycles. The first-order valence-corrected chi connectivity index (χ1v) is 6.17. The first-order chi connectivity index (χ1) is 8.15. The Hall–Kier alpha value is -1.20. The number of imide groups is 1. The maximum Gasteiger partial charge on any atom is 0.253 e. The molecular formula is C13H20N2O3. The summed E-state index contributed by atoms with van der Waals surface area (Å²) >= 11 is 0. The third-order valence-electron chi connectivity index (χ3n) is 4.01. The molecule has 1 unspecified atom stereocenters. The number of hydrogen-bond acceptors (Lipinski definition) is 4. The minimum Gasteiger partial charge on any atom is -0.313 e. The van der Waals surface area contributed by atoms with Crippen LogP contribution in [0.4, 0.5) is 0 Å². The molecule has 5 heteroatoms. The normalized spacial score (nSPS) is 31.2. The Kier molecular flexibility index (Phi) is 2.87. The molecule has 2 amide bonds. The summed E-state index contributed by atoms with van der Waals surface area (Å²) in [4.78, 5) is 24.9. The van der Waals surface area contributed by atoms with Crippen molar-refractivity contribution in [2.45, 2.75) is 45.7 Å². The number of carbonyl (C=O) groups is 2. The van der Waals surface area contributed by atoms with Gasteiger partial charge < -0.3 is 5.21 Å². The number of hydrogen-bond donors (Lipinski definition) is 1. The van der Waals surface area contributed by atoms with Gasteiger partial charge in [-0.2, -0.15) is 5.06 Å². The summed E-state index contributed by atoms with van der Waals surface area (Å²) in [5, 5.41) is 11.3. The first kappa shape index (κ1) is 13.2. The van der Waals surface area contributed by atoms with Crippen molar-refractivity contribution < 1.29 is 14.8 Å². The molecule has 18 heavy (non-hydrogen) atoms. The van der Waals surface area contributed by atoms with Crippen molar-refractivity contribution in [2.75, 3.05) is 6.54 Å². The Morgan fingerprint density at radius 1 is 1.17 bits per heavy atom. The lowest BCUT2D eigenvalue weighted by Gasteiger charge is -2.52. The molecule has 0 aliphatic carbocycles. The maximum absolute atomic E-state index is 11.8. The zero-order valence-corrected chi connectivity index (χ0v) is 11.3. The van der Waals surface area contributed by atoms with E-state index in [1.807, 2.05) is 27.7 Å². The second-order valence-electron chi connectivity index (χ2n) is 6.46. The molecule has 0 spiro atoms. The van der Waals surface area contributed by atoms with Gasteiger partial charge in [-0.05, 0) is 20.3 Å². The molecule has 2 aliphatic heterocycles. The van der Waals surface area contributed by atoms with Crippen LogP contribution in [0.15, 0.2) is 12.2 Å². The molecule has 1 N–H and O–H groups in total. The summed E-state index contributed by atoms with van der Waals surface area (Å²) in [5.41, 5.74) is -0.773. The van der Waals surface area contributed by atoms with Crippen LogP contribution in [0.3, 0.4) is 0 Å². The van der Waals surface area contributed by atoms with Crippen LogP contribution in [0.25, 0.3) is 0 Å². The summed E-state index contributed by atoms with van der Waals surface area (Å²) in [5.74, 6) is -0.500. The number of hydroxylamine groups is 2. The molecule has 0 bridgehead atoms. The number of piperidine rings is 1. The fourth-order valence-electron chi connectivity index (χ4n) is 2.72. The first-order valence-electron chi connectivity index (χ1n) is 6.17. The van der Waals surface area contributed by atoms with Gasteiger partial charge in [-0.15, -0.1) is 0 Å². The largest absolute Gasteiger partial charge is 0.313 e. The van der Waals surface area contributed by atoms with Crippen molar-refractivity contribution in [1.29, 1.82) is 0 Å². The lowest BCUT2D eigenvalue weighted by molar-refractivity contribution is -0.218. The van der Waals surface area contributed by atoms with Gasteiger partial charge in [0.2, 0.25) is 0 Å². The van der Waals surface area contributed by atoms with Crippen molar-refractivity contribution in [1.82, 2.24) is 9.96 Å². The molecule has 5 nitrogen and oxygen atoms in total. The highest BCUT2D eigenvalue weighted by atomic mass is 16.5. The molecule has 0 radical (unpaired) electrons. The molecule has 1 fully saturated rings. The lowest BCUT2D eigenvalue weighted by atomic mass is 9.72. The molecule has 1 atom stereocenters. The molecular weight excluding hydrogens is 232 g/mol. The van der Waals surface area contributed by atoms with Crippen LogP contribution >= 0.6 is 0 Å². The van der Waals surface area contributed by atoms with Gasteiger partial charge in [0.05, 0.1) is 0 Å². The van der Waals surface area contributed by atoms with E-state index in [0.29, 0.717) is 13.0 Å². The van der Waals surface area contributed by atoms with Gasteiger partial charge in [0, 0.05) is 35.7 Å².